The first-order valence-electron chi connectivity index (χ1n) is 13.5. The average molecular weight is 573 g/mol. The molecular weight excluding hydrogens is 534 g/mol. The Balaban J connectivity index is 0.00000304. The molecule has 2 heterocycles. The van der Waals surface area contributed by atoms with E-state index in [1.807, 2.05) is 6.92 Å². The van der Waals surface area contributed by atoms with Gasteiger partial charge in [0.15, 0.2) is 0 Å². The van der Waals surface area contributed by atoms with Crippen molar-refractivity contribution in [2.45, 2.75) is 77.7 Å². The van der Waals surface area contributed by atoms with E-state index in [9.17, 15) is 4.79 Å². The molecule has 36 heavy (non-hydrogen) atoms. The van der Waals surface area contributed by atoms with Gasteiger partial charge in [-0.25, -0.2) is 0 Å². The fraction of sp³-hybridized carbons (Fsp3) is 0.500. The number of amides is 1. The second kappa shape index (κ2) is 12.1. The Morgan fingerprint density at radius 2 is 1.81 bits per heavy atom. The van der Waals surface area contributed by atoms with Crippen molar-refractivity contribution in [3.63, 3.8) is 0 Å². The van der Waals surface area contributed by atoms with E-state index in [-0.39, 0.29) is 18.3 Å². The molecule has 0 radical (unpaired) electrons. The topological polar surface area (TPSA) is 46.1 Å². The van der Waals surface area contributed by atoms with Crippen LogP contribution in [0.4, 0.5) is 5.69 Å². The van der Waals surface area contributed by atoms with Crippen molar-refractivity contribution >= 4 is 50.8 Å². The summed E-state index contributed by atoms with van der Waals surface area (Å²) in [6.45, 7) is 7.34. The third-order valence-electron chi connectivity index (χ3n) is 8.17. The number of halogens is 2. The molecule has 5 rings (SSSR count). The van der Waals surface area contributed by atoms with E-state index in [1.165, 1.54) is 65.3 Å². The monoisotopic (exact) mass is 571 g/mol. The summed E-state index contributed by atoms with van der Waals surface area (Å²) in [5, 5.41) is 8.01. The maximum atomic E-state index is 12.4. The predicted octanol–water partition coefficient (Wildman–Crippen LogP) is 8.20. The molecule has 2 aliphatic rings. The molecule has 3 aromatic rings. The van der Waals surface area contributed by atoms with Gasteiger partial charge in [0.2, 0.25) is 5.91 Å². The zero-order chi connectivity index (χ0) is 24.4. The minimum absolute atomic E-state index is 0. The normalized spacial score (nSPS) is 17.2. The summed E-state index contributed by atoms with van der Waals surface area (Å²) in [5.41, 5.74) is 7.55. The van der Waals surface area contributed by atoms with Crippen LogP contribution in [0.3, 0.4) is 0 Å². The van der Waals surface area contributed by atoms with E-state index in [0.717, 1.165) is 48.6 Å². The Morgan fingerprint density at radius 3 is 2.53 bits per heavy atom. The van der Waals surface area contributed by atoms with Gasteiger partial charge in [-0.2, -0.15) is 0 Å². The van der Waals surface area contributed by atoms with Crippen molar-refractivity contribution in [2.75, 3.05) is 18.4 Å². The van der Waals surface area contributed by atoms with Gasteiger partial charge in [-0.3, -0.25) is 4.79 Å². The number of piperidine rings is 1. The second-order valence-electron chi connectivity index (χ2n) is 10.5. The molecule has 1 aliphatic carbocycles. The van der Waals surface area contributed by atoms with Gasteiger partial charge in [-0.1, -0.05) is 48.2 Å². The Hall–Kier alpha value is -1.82. The summed E-state index contributed by atoms with van der Waals surface area (Å²) in [6.07, 6.45) is 11.9. The molecular formula is C30H39BrClN3O. The molecule has 6 heteroatoms. The van der Waals surface area contributed by atoms with Gasteiger partial charge in [0.05, 0.1) is 0 Å². The van der Waals surface area contributed by atoms with Gasteiger partial charge in [-0.05, 0) is 98.5 Å². The number of aromatic nitrogens is 1. The molecule has 2 N–H and O–H groups in total. The van der Waals surface area contributed by atoms with Crippen molar-refractivity contribution in [1.82, 2.24) is 9.88 Å². The summed E-state index contributed by atoms with van der Waals surface area (Å²) in [4.78, 5) is 12.4. The molecule has 2 aromatic carbocycles. The van der Waals surface area contributed by atoms with Gasteiger partial charge in [0.1, 0.15) is 0 Å². The fourth-order valence-electron chi connectivity index (χ4n) is 6.29. The molecule has 1 saturated carbocycles. The molecule has 1 aromatic heterocycles. The highest BCUT2D eigenvalue weighted by molar-refractivity contribution is 9.10. The highest BCUT2D eigenvalue weighted by Crippen LogP contribution is 2.42. The number of anilines is 1. The molecule has 0 spiro atoms. The van der Waals surface area contributed by atoms with E-state index in [0.29, 0.717) is 12.3 Å². The molecule has 1 aliphatic heterocycles. The Morgan fingerprint density at radius 1 is 1.06 bits per heavy atom. The van der Waals surface area contributed by atoms with Gasteiger partial charge >= 0.3 is 0 Å². The van der Waals surface area contributed by atoms with Crippen LogP contribution in [0.25, 0.3) is 22.0 Å². The van der Waals surface area contributed by atoms with Crippen molar-refractivity contribution in [2.24, 2.45) is 5.92 Å². The van der Waals surface area contributed by atoms with E-state index in [4.69, 9.17) is 0 Å². The van der Waals surface area contributed by atoms with Gasteiger partial charge in [0, 0.05) is 45.8 Å². The molecule has 2 fully saturated rings. The lowest BCUT2D eigenvalue weighted by Gasteiger charge is -2.28. The number of nitrogens with zero attached hydrogens (tertiary/aromatic N) is 1. The Labute approximate surface area is 230 Å². The van der Waals surface area contributed by atoms with Crippen LogP contribution in [0.1, 0.15) is 75.3 Å². The molecule has 0 bridgehead atoms. The van der Waals surface area contributed by atoms with Crippen LogP contribution in [0.5, 0.6) is 0 Å². The van der Waals surface area contributed by atoms with Crippen molar-refractivity contribution < 1.29 is 4.79 Å². The highest BCUT2D eigenvalue weighted by Gasteiger charge is 2.24. The summed E-state index contributed by atoms with van der Waals surface area (Å²) < 4.78 is 3.62. The van der Waals surface area contributed by atoms with Crippen molar-refractivity contribution in [1.29, 1.82) is 0 Å². The molecule has 4 nitrogen and oxygen atoms in total. The molecule has 1 saturated heterocycles. The van der Waals surface area contributed by atoms with E-state index in [1.54, 1.807) is 0 Å². The molecule has 1 amide bonds. The van der Waals surface area contributed by atoms with Gasteiger partial charge in [-0.15, -0.1) is 12.4 Å². The van der Waals surface area contributed by atoms with Crippen molar-refractivity contribution in [3.05, 3.63) is 52.1 Å². The van der Waals surface area contributed by atoms with Crippen LogP contribution >= 0.6 is 28.3 Å². The fourth-order valence-corrected chi connectivity index (χ4v) is 6.65. The van der Waals surface area contributed by atoms with E-state index in [2.05, 4.69) is 74.6 Å². The number of rotatable bonds is 6. The number of benzene rings is 2. The maximum absolute atomic E-state index is 12.4. The first kappa shape index (κ1) is 27.2. The Kier molecular flexibility index (Phi) is 9.19. The minimum Gasteiger partial charge on any atom is -0.347 e. The predicted molar refractivity (Wildman–Crippen MR) is 157 cm³/mol. The number of carbonyl (C=O) groups is 1. The Bertz CT molecular complexity index is 1210. The largest absolute Gasteiger partial charge is 0.347 e. The third kappa shape index (κ3) is 5.69. The number of hydrogen-bond acceptors (Lipinski definition) is 2. The lowest BCUT2D eigenvalue weighted by atomic mass is 9.83. The summed E-state index contributed by atoms with van der Waals surface area (Å²) in [6, 6.07) is 11.1. The molecule has 0 atom stereocenters. The highest BCUT2D eigenvalue weighted by atomic mass is 79.9. The first-order valence-corrected chi connectivity index (χ1v) is 14.3. The third-order valence-corrected chi connectivity index (χ3v) is 8.66. The molecule has 194 valence electrons. The minimum atomic E-state index is 0. The molecule has 0 unspecified atom stereocenters. The van der Waals surface area contributed by atoms with E-state index < -0.39 is 0 Å². The van der Waals surface area contributed by atoms with Crippen LogP contribution in [0.15, 0.2) is 41.0 Å². The smallest absolute Gasteiger partial charge is 0.224 e. The number of hydrogen-bond donors (Lipinski definition) is 2. The standard InChI is InChI=1S/C30H38BrN3O.ClH/c1-3-29(35)33-27-11-10-24(20(2)30(27)22-13-15-32-16-14-22)26-19-34(18-21-7-5-4-6-8-21)28-12-9-23(31)17-25(26)28;/h9-12,17,19,21-22,32H,3-8,13-16,18H2,1-2H3,(H,33,35);1H. The average Bonchev–Trinajstić information content (AvgIpc) is 3.22. The van der Waals surface area contributed by atoms with E-state index >= 15 is 0 Å². The van der Waals surface area contributed by atoms with Gasteiger partial charge in [0.25, 0.3) is 0 Å². The summed E-state index contributed by atoms with van der Waals surface area (Å²) >= 11 is 3.73. The lowest BCUT2D eigenvalue weighted by molar-refractivity contribution is -0.115. The van der Waals surface area contributed by atoms with Crippen LogP contribution in [-0.2, 0) is 11.3 Å². The first-order chi connectivity index (χ1) is 17.0. The number of nitrogens with one attached hydrogen (secondary N) is 2. The second-order valence-corrected chi connectivity index (χ2v) is 11.4. The zero-order valence-electron chi connectivity index (χ0n) is 21.5. The quantitative estimate of drug-likeness (QED) is 0.313. The lowest BCUT2D eigenvalue weighted by Crippen LogP contribution is -2.27. The number of fused-ring (bicyclic) bond motifs is 1. The SMILES string of the molecule is CCC(=O)Nc1ccc(-c2cn(CC3CCCCC3)c3ccc(Br)cc23)c(C)c1C1CCNCC1.Cl. The maximum Gasteiger partial charge on any atom is 0.224 e. The zero-order valence-corrected chi connectivity index (χ0v) is 23.9. The van der Waals surface area contributed by atoms with Gasteiger partial charge < -0.3 is 15.2 Å². The van der Waals surface area contributed by atoms with Crippen molar-refractivity contribution in [3.8, 4) is 11.1 Å². The summed E-state index contributed by atoms with van der Waals surface area (Å²) in [7, 11) is 0. The van der Waals surface area contributed by atoms with Crippen LogP contribution < -0.4 is 10.6 Å². The number of carbonyl (C=O) groups excluding carboxylic acids is 1. The summed E-state index contributed by atoms with van der Waals surface area (Å²) in [5.74, 6) is 1.32. The van der Waals surface area contributed by atoms with Crippen LogP contribution in [0, 0.1) is 12.8 Å². The van der Waals surface area contributed by atoms with Crippen LogP contribution in [0.2, 0.25) is 0 Å². The van der Waals surface area contributed by atoms with Crippen LogP contribution in [-0.4, -0.2) is 23.6 Å².